The summed E-state index contributed by atoms with van der Waals surface area (Å²) < 4.78 is 7.35. The monoisotopic (exact) mass is 324 g/mol. The number of fused-ring (bicyclic) bond motifs is 1. The second-order valence-corrected chi connectivity index (χ2v) is 7.30. The van der Waals surface area contributed by atoms with Gasteiger partial charge in [0.1, 0.15) is 11.4 Å². The van der Waals surface area contributed by atoms with Gasteiger partial charge < -0.3 is 9.84 Å². The van der Waals surface area contributed by atoms with Gasteiger partial charge in [-0.3, -0.25) is 0 Å². The van der Waals surface area contributed by atoms with Crippen LogP contribution in [0.4, 0.5) is 0 Å². The van der Waals surface area contributed by atoms with Crippen molar-refractivity contribution in [2.24, 2.45) is 11.8 Å². The lowest BCUT2D eigenvalue weighted by atomic mass is 9.70. The molecule has 3 unspecified atom stereocenters. The van der Waals surface area contributed by atoms with Crippen LogP contribution >= 0.6 is 15.9 Å². The highest BCUT2D eigenvalue weighted by molar-refractivity contribution is 9.10. The lowest BCUT2D eigenvalue weighted by Gasteiger charge is -2.46. The maximum atomic E-state index is 10.4. The van der Waals surface area contributed by atoms with Gasteiger partial charge in [-0.1, -0.05) is 35.8 Å². The predicted octanol–water partition coefficient (Wildman–Crippen LogP) is 4.46. The summed E-state index contributed by atoms with van der Waals surface area (Å²) in [7, 11) is 0. The van der Waals surface area contributed by atoms with Crippen molar-refractivity contribution in [3.05, 3.63) is 28.2 Å². The Morgan fingerprint density at radius 3 is 2.79 bits per heavy atom. The lowest BCUT2D eigenvalue weighted by Crippen LogP contribution is -2.46. The zero-order valence-corrected chi connectivity index (χ0v) is 13.1. The van der Waals surface area contributed by atoms with Gasteiger partial charge in [-0.25, -0.2) is 0 Å². The van der Waals surface area contributed by atoms with Gasteiger partial charge in [0.25, 0.3) is 0 Å². The van der Waals surface area contributed by atoms with E-state index >= 15 is 0 Å². The van der Waals surface area contributed by atoms with E-state index in [2.05, 4.69) is 29.8 Å². The van der Waals surface area contributed by atoms with E-state index in [1.807, 2.05) is 18.2 Å². The summed E-state index contributed by atoms with van der Waals surface area (Å²) in [5, 5.41) is 10.4. The zero-order chi connectivity index (χ0) is 13.6. The largest absolute Gasteiger partial charge is 0.487 e. The van der Waals surface area contributed by atoms with Crippen LogP contribution in [-0.4, -0.2) is 10.7 Å². The van der Waals surface area contributed by atoms with E-state index in [9.17, 15) is 5.11 Å². The number of hydrogen-bond donors (Lipinski definition) is 1. The van der Waals surface area contributed by atoms with E-state index in [1.54, 1.807) is 0 Å². The van der Waals surface area contributed by atoms with E-state index < -0.39 is 6.10 Å². The Labute approximate surface area is 123 Å². The van der Waals surface area contributed by atoms with E-state index in [1.165, 1.54) is 6.42 Å². The Kier molecular flexibility index (Phi) is 3.38. The summed E-state index contributed by atoms with van der Waals surface area (Å²) in [6.45, 7) is 4.62. The summed E-state index contributed by atoms with van der Waals surface area (Å²) in [5.74, 6) is 2.28. The van der Waals surface area contributed by atoms with Crippen LogP contribution in [0.3, 0.4) is 0 Å². The molecule has 1 aromatic carbocycles. The van der Waals surface area contributed by atoms with Gasteiger partial charge in [-0.15, -0.1) is 0 Å². The predicted molar refractivity (Wildman–Crippen MR) is 79.3 cm³/mol. The Bertz CT molecular complexity index is 488. The normalized spacial score (nSPS) is 37.8. The van der Waals surface area contributed by atoms with Crippen LogP contribution in [0, 0.1) is 11.8 Å². The third-order valence-electron chi connectivity index (χ3n) is 4.95. The summed E-state index contributed by atoms with van der Waals surface area (Å²) in [6, 6.07) is 5.92. The van der Waals surface area contributed by atoms with Crippen molar-refractivity contribution in [1.82, 2.24) is 0 Å². The topological polar surface area (TPSA) is 29.5 Å². The molecule has 1 aliphatic heterocycles. The van der Waals surface area contributed by atoms with Gasteiger partial charge in [0.15, 0.2) is 0 Å². The molecule has 0 aromatic heterocycles. The molecule has 19 heavy (non-hydrogen) atoms. The molecule has 1 aromatic rings. The van der Waals surface area contributed by atoms with E-state index in [0.29, 0.717) is 5.92 Å². The van der Waals surface area contributed by atoms with Crippen LogP contribution in [0.15, 0.2) is 22.7 Å². The van der Waals surface area contributed by atoms with Gasteiger partial charge in [0.2, 0.25) is 0 Å². The average Bonchev–Trinajstić information content (AvgIpc) is 2.34. The van der Waals surface area contributed by atoms with Crippen LogP contribution in [0.25, 0.3) is 0 Å². The molecule has 0 saturated heterocycles. The second-order valence-electron chi connectivity index (χ2n) is 6.38. The quantitative estimate of drug-likeness (QED) is 0.763. The van der Waals surface area contributed by atoms with Crippen LogP contribution in [-0.2, 0) is 0 Å². The van der Waals surface area contributed by atoms with Crippen LogP contribution in [0.1, 0.15) is 51.2 Å². The Balaban J connectivity index is 1.91. The third-order valence-corrected chi connectivity index (χ3v) is 5.44. The van der Waals surface area contributed by atoms with Crippen LogP contribution < -0.4 is 4.74 Å². The fraction of sp³-hybridized carbons (Fsp3) is 0.625. The van der Waals surface area contributed by atoms with Gasteiger partial charge in [-0.05, 0) is 43.2 Å². The molecule has 1 spiro atoms. The van der Waals surface area contributed by atoms with E-state index in [4.69, 9.17) is 4.74 Å². The van der Waals surface area contributed by atoms with Crippen molar-refractivity contribution in [2.75, 3.05) is 0 Å². The van der Waals surface area contributed by atoms with Gasteiger partial charge in [0.05, 0.1) is 6.10 Å². The molecule has 3 heteroatoms. The minimum absolute atomic E-state index is 0.154. The molecule has 1 aliphatic carbocycles. The molecule has 4 atom stereocenters. The molecule has 2 nitrogen and oxygen atoms in total. The number of benzene rings is 1. The molecule has 0 bridgehead atoms. The van der Waals surface area contributed by atoms with Crippen molar-refractivity contribution in [3.63, 3.8) is 0 Å². The average molecular weight is 325 g/mol. The molecular formula is C16H21BrO2. The number of halogens is 1. The highest BCUT2D eigenvalue weighted by atomic mass is 79.9. The maximum absolute atomic E-state index is 10.4. The summed E-state index contributed by atoms with van der Waals surface area (Å²) in [4.78, 5) is 0. The molecule has 1 N–H and O–H groups in total. The summed E-state index contributed by atoms with van der Waals surface area (Å²) in [5.41, 5.74) is 0.777. The van der Waals surface area contributed by atoms with Crippen molar-refractivity contribution in [1.29, 1.82) is 0 Å². The highest BCUT2D eigenvalue weighted by Gasteiger charge is 2.44. The minimum atomic E-state index is -0.391. The molecule has 104 valence electrons. The van der Waals surface area contributed by atoms with Crippen molar-refractivity contribution in [2.45, 2.75) is 51.2 Å². The first kappa shape index (κ1) is 13.4. The van der Waals surface area contributed by atoms with Gasteiger partial charge >= 0.3 is 0 Å². The molecule has 3 rings (SSSR count). The number of rotatable bonds is 0. The molecular weight excluding hydrogens is 304 g/mol. The number of aliphatic hydroxyl groups excluding tert-OH is 1. The lowest BCUT2D eigenvalue weighted by molar-refractivity contribution is -0.0602. The van der Waals surface area contributed by atoms with Crippen LogP contribution in [0.2, 0.25) is 0 Å². The summed E-state index contributed by atoms with van der Waals surface area (Å²) >= 11 is 3.48. The van der Waals surface area contributed by atoms with Crippen molar-refractivity contribution in [3.8, 4) is 5.75 Å². The Morgan fingerprint density at radius 2 is 2.05 bits per heavy atom. The first-order valence-electron chi connectivity index (χ1n) is 7.16. The molecule has 0 amide bonds. The fourth-order valence-corrected chi connectivity index (χ4v) is 3.89. The van der Waals surface area contributed by atoms with E-state index in [0.717, 1.165) is 41.0 Å². The SMILES string of the molecule is CC1CCC2(CC1C)C[C@@H](O)c1ccc(Br)cc1O2. The van der Waals surface area contributed by atoms with Crippen LogP contribution in [0.5, 0.6) is 5.75 Å². The highest BCUT2D eigenvalue weighted by Crippen LogP contribution is 2.49. The molecule has 2 aliphatic rings. The van der Waals surface area contributed by atoms with Gasteiger partial charge in [-0.2, -0.15) is 0 Å². The van der Waals surface area contributed by atoms with Crippen molar-refractivity contribution < 1.29 is 9.84 Å². The standard InChI is InChI=1S/C16H21BrO2/c1-10-5-6-16(8-11(10)2)9-14(18)13-4-3-12(17)7-15(13)19-16/h3-4,7,10-11,14,18H,5-6,8-9H2,1-2H3/t10?,11?,14-,16?/m1/s1. The number of aliphatic hydroxyl groups is 1. The summed E-state index contributed by atoms with van der Waals surface area (Å²) in [6.07, 6.45) is 3.65. The number of ether oxygens (including phenoxy) is 1. The minimum Gasteiger partial charge on any atom is -0.487 e. The zero-order valence-electron chi connectivity index (χ0n) is 11.5. The van der Waals surface area contributed by atoms with Crippen molar-refractivity contribution >= 4 is 15.9 Å². The maximum Gasteiger partial charge on any atom is 0.127 e. The number of hydrogen-bond acceptors (Lipinski definition) is 2. The molecule has 1 fully saturated rings. The second kappa shape index (κ2) is 4.78. The fourth-order valence-electron chi connectivity index (χ4n) is 3.55. The molecule has 1 saturated carbocycles. The molecule has 1 heterocycles. The molecule has 0 radical (unpaired) electrons. The first-order chi connectivity index (χ1) is 8.99. The smallest absolute Gasteiger partial charge is 0.127 e. The van der Waals surface area contributed by atoms with E-state index in [-0.39, 0.29) is 5.60 Å². The third kappa shape index (κ3) is 2.43. The van der Waals surface area contributed by atoms with Gasteiger partial charge in [0, 0.05) is 16.5 Å². The first-order valence-corrected chi connectivity index (χ1v) is 7.95. The Morgan fingerprint density at radius 1 is 1.26 bits per heavy atom. The Hall–Kier alpha value is -0.540.